The number of fused-ring (bicyclic) bond motifs is 2. The number of carbonyl (C=O) groups is 3. The maximum atomic E-state index is 15.1. The molecule has 0 aliphatic carbocycles. The molecule has 0 radical (unpaired) electrons. The quantitative estimate of drug-likeness (QED) is 0.375. The Morgan fingerprint density at radius 2 is 1.80 bits per heavy atom. The Bertz CT molecular complexity index is 1380. The molecule has 2 aliphatic heterocycles. The van der Waals surface area contributed by atoms with Crippen molar-refractivity contribution in [1.29, 1.82) is 0 Å². The molecule has 4 N–H and O–H groups in total. The van der Waals surface area contributed by atoms with Gasteiger partial charge in [-0.15, -0.1) is 0 Å². The van der Waals surface area contributed by atoms with Crippen LogP contribution in [-0.4, -0.2) is 64.2 Å². The van der Waals surface area contributed by atoms with Gasteiger partial charge in [-0.1, -0.05) is 50.0 Å². The number of nitrogens with zero attached hydrogens (tertiary/aromatic N) is 1. The first-order valence-corrected chi connectivity index (χ1v) is 14.0. The van der Waals surface area contributed by atoms with E-state index in [4.69, 9.17) is 28.3 Å². The van der Waals surface area contributed by atoms with Crippen molar-refractivity contribution in [3.05, 3.63) is 63.1 Å². The van der Waals surface area contributed by atoms with Crippen molar-refractivity contribution in [2.75, 3.05) is 18.5 Å². The van der Waals surface area contributed by atoms with Crippen LogP contribution in [0.2, 0.25) is 10.0 Å². The van der Waals surface area contributed by atoms with Crippen molar-refractivity contribution in [3.63, 3.8) is 0 Å². The van der Waals surface area contributed by atoms with E-state index in [9.17, 15) is 23.9 Å². The molecule has 12 heteroatoms. The van der Waals surface area contributed by atoms with E-state index in [2.05, 4.69) is 10.6 Å². The largest absolute Gasteiger partial charge is 0.394 e. The number of carbonyl (C=O) groups excluding carboxylic acids is 3. The Hall–Kier alpha value is -2.79. The van der Waals surface area contributed by atoms with Gasteiger partial charge in [0.15, 0.2) is 0 Å². The monoisotopic (exact) mass is 611 g/mol. The predicted octanol–water partition coefficient (Wildman–Crippen LogP) is 4.14. The van der Waals surface area contributed by atoms with Crippen molar-refractivity contribution < 1.29 is 33.4 Å². The summed E-state index contributed by atoms with van der Waals surface area (Å²) in [4.78, 5) is 43.0. The molecule has 41 heavy (non-hydrogen) atoms. The van der Waals surface area contributed by atoms with Gasteiger partial charge in [-0.3, -0.25) is 14.4 Å². The van der Waals surface area contributed by atoms with E-state index in [1.165, 1.54) is 30.0 Å². The molecule has 0 aromatic heterocycles. The molecule has 2 aromatic rings. The zero-order valence-corrected chi connectivity index (χ0v) is 24.6. The SMILES string of the molecule is CC(=O)N1[C@@H](CC(C)(C)C)[C@]2(C(=O)Nc3cc(Cl)c(F)cc32)[C@@H](c2ccc(F)c(Cl)c2)[C@@H]1C(=O)NCC[C@H](O)CO. The number of halogens is 4. The summed E-state index contributed by atoms with van der Waals surface area (Å²) < 4.78 is 29.4. The van der Waals surface area contributed by atoms with E-state index >= 15 is 4.39 Å². The second-order valence-electron chi connectivity index (χ2n) is 11.9. The number of amides is 3. The number of nitrogens with one attached hydrogen (secondary N) is 2. The third-order valence-electron chi connectivity index (χ3n) is 7.83. The minimum Gasteiger partial charge on any atom is -0.394 e. The number of aliphatic hydroxyl groups excluding tert-OH is 2. The van der Waals surface area contributed by atoms with Crippen LogP contribution in [0.5, 0.6) is 0 Å². The van der Waals surface area contributed by atoms with Crippen LogP contribution in [0.15, 0.2) is 30.3 Å². The summed E-state index contributed by atoms with van der Waals surface area (Å²) in [5.74, 6) is -4.33. The molecule has 2 aliphatic rings. The Labute approximate surface area is 247 Å². The lowest BCUT2D eigenvalue weighted by atomic mass is 9.62. The van der Waals surface area contributed by atoms with Crippen LogP contribution in [0, 0.1) is 17.0 Å². The van der Waals surface area contributed by atoms with Gasteiger partial charge in [-0.25, -0.2) is 8.78 Å². The number of hydrogen-bond acceptors (Lipinski definition) is 5. The number of likely N-dealkylation sites (tertiary alicyclic amines) is 1. The molecule has 2 heterocycles. The van der Waals surface area contributed by atoms with E-state index in [-0.39, 0.29) is 40.7 Å². The van der Waals surface area contributed by atoms with Crippen molar-refractivity contribution in [3.8, 4) is 0 Å². The zero-order chi connectivity index (χ0) is 30.4. The highest BCUT2D eigenvalue weighted by atomic mass is 35.5. The van der Waals surface area contributed by atoms with Gasteiger partial charge in [0.1, 0.15) is 23.1 Å². The first-order valence-electron chi connectivity index (χ1n) is 13.2. The minimum absolute atomic E-state index is 0.0334. The lowest BCUT2D eigenvalue weighted by molar-refractivity contribution is -0.140. The van der Waals surface area contributed by atoms with Crippen molar-refractivity contribution in [1.82, 2.24) is 10.2 Å². The molecule has 4 rings (SSSR count). The predicted molar refractivity (Wildman–Crippen MR) is 151 cm³/mol. The summed E-state index contributed by atoms with van der Waals surface area (Å²) in [7, 11) is 0. The lowest BCUT2D eigenvalue weighted by Crippen LogP contribution is -2.52. The van der Waals surface area contributed by atoms with E-state index in [0.29, 0.717) is 5.56 Å². The molecule has 8 nitrogen and oxygen atoms in total. The molecular formula is C29H33Cl2F2N3O5. The first-order chi connectivity index (χ1) is 19.1. The fraction of sp³-hybridized carbons (Fsp3) is 0.483. The van der Waals surface area contributed by atoms with Crippen molar-refractivity contribution in [2.45, 2.75) is 70.1 Å². The van der Waals surface area contributed by atoms with Crippen LogP contribution in [0.3, 0.4) is 0 Å². The second kappa shape index (κ2) is 11.5. The molecule has 5 atom stereocenters. The molecule has 2 aromatic carbocycles. The van der Waals surface area contributed by atoms with E-state index in [1.807, 2.05) is 20.8 Å². The molecule has 1 spiro atoms. The van der Waals surface area contributed by atoms with Crippen LogP contribution in [0.1, 0.15) is 57.6 Å². The van der Waals surface area contributed by atoms with Gasteiger partial charge in [-0.05, 0) is 53.6 Å². The second-order valence-corrected chi connectivity index (χ2v) is 12.7. The highest BCUT2D eigenvalue weighted by Crippen LogP contribution is 2.60. The average molecular weight is 613 g/mol. The van der Waals surface area contributed by atoms with Crippen LogP contribution >= 0.6 is 23.2 Å². The topological polar surface area (TPSA) is 119 Å². The van der Waals surface area contributed by atoms with Crippen LogP contribution < -0.4 is 10.6 Å². The number of anilines is 1. The van der Waals surface area contributed by atoms with Gasteiger partial charge in [-0.2, -0.15) is 0 Å². The zero-order valence-electron chi connectivity index (χ0n) is 23.1. The minimum atomic E-state index is -1.69. The summed E-state index contributed by atoms with van der Waals surface area (Å²) in [5.41, 5.74) is -1.39. The fourth-order valence-electron chi connectivity index (χ4n) is 6.25. The van der Waals surface area contributed by atoms with Gasteiger partial charge in [0.05, 0.1) is 28.8 Å². The highest BCUT2D eigenvalue weighted by molar-refractivity contribution is 6.31. The maximum absolute atomic E-state index is 15.1. The van der Waals surface area contributed by atoms with Crippen LogP contribution in [-0.2, 0) is 19.8 Å². The Kier molecular flexibility index (Phi) is 8.72. The summed E-state index contributed by atoms with van der Waals surface area (Å²) >= 11 is 12.3. The molecule has 1 fully saturated rings. The van der Waals surface area contributed by atoms with Crippen molar-refractivity contribution in [2.24, 2.45) is 5.41 Å². The number of rotatable bonds is 7. The number of aliphatic hydroxyl groups is 2. The molecule has 0 bridgehead atoms. The maximum Gasteiger partial charge on any atom is 0.243 e. The number of hydrogen-bond donors (Lipinski definition) is 4. The normalized spacial score (nSPS) is 24.4. The Balaban J connectivity index is 2.03. The number of benzene rings is 2. The first kappa shape index (κ1) is 31.2. The van der Waals surface area contributed by atoms with Crippen LogP contribution in [0.25, 0.3) is 0 Å². The molecule has 1 saturated heterocycles. The molecular weight excluding hydrogens is 579 g/mol. The molecule has 222 valence electrons. The van der Waals surface area contributed by atoms with E-state index < -0.39 is 70.9 Å². The summed E-state index contributed by atoms with van der Waals surface area (Å²) in [6.45, 7) is 6.50. The fourth-order valence-corrected chi connectivity index (χ4v) is 6.60. The van der Waals surface area contributed by atoms with Gasteiger partial charge in [0.25, 0.3) is 0 Å². The molecule has 3 amide bonds. The van der Waals surface area contributed by atoms with Crippen LogP contribution in [0.4, 0.5) is 14.5 Å². The molecule has 0 saturated carbocycles. The third kappa shape index (κ3) is 5.55. The van der Waals surface area contributed by atoms with E-state index in [0.717, 1.165) is 12.1 Å². The summed E-state index contributed by atoms with van der Waals surface area (Å²) in [5, 5.41) is 24.0. The van der Waals surface area contributed by atoms with Gasteiger partial charge >= 0.3 is 0 Å². The van der Waals surface area contributed by atoms with Crippen molar-refractivity contribution >= 4 is 46.6 Å². The van der Waals surface area contributed by atoms with Gasteiger partial charge in [0.2, 0.25) is 17.7 Å². The average Bonchev–Trinajstić information content (AvgIpc) is 3.32. The van der Waals surface area contributed by atoms with E-state index in [1.54, 1.807) is 0 Å². The Morgan fingerprint density at radius 3 is 2.39 bits per heavy atom. The van der Waals surface area contributed by atoms with Gasteiger partial charge in [0, 0.05) is 25.1 Å². The standard InChI is InChI=1S/C29H33Cl2F2N3O5/c1-14(38)36-23(12-28(2,3)4)29(17-10-21(33)19(31)11-22(17)35-27(29)41)24(15-5-6-20(32)18(30)9-15)25(36)26(40)34-8-7-16(39)13-37/h5-6,9-11,16,23-25,37,39H,7-8,12-13H2,1-4H3,(H,34,40)(H,35,41)/t16-,23-,24-,25+,29-/m0/s1. The summed E-state index contributed by atoms with van der Waals surface area (Å²) in [6, 6.07) is 4.04. The summed E-state index contributed by atoms with van der Waals surface area (Å²) in [6.07, 6.45) is -0.803. The third-order valence-corrected chi connectivity index (χ3v) is 8.40. The lowest BCUT2D eigenvalue weighted by Gasteiger charge is -2.39. The highest BCUT2D eigenvalue weighted by Gasteiger charge is 2.69. The molecule has 0 unspecified atom stereocenters. The Morgan fingerprint density at radius 1 is 1.15 bits per heavy atom. The smallest absolute Gasteiger partial charge is 0.243 e. The van der Waals surface area contributed by atoms with Gasteiger partial charge < -0.3 is 25.7 Å².